The molecule has 0 saturated heterocycles. The molecule has 4 aromatic rings. The Kier molecular flexibility index (Phi) is 4.42. The van der Waals surface area contributed by atoms with E-state index in [4.69, 9.17) is 0 Å². The van der Waals surface area contributed by atoms with E-state index in [0.717, 1.165) is 33.6 Å². The van der Waals surface area contributed by atoms with Crippen LogP contribution >= 0.6 is 0 Å². The Labute approximate surface area is 157 Å². The van der Waals surface area contributed by atoms with E-state index >= 15 is 0 Å². The molecule has 2 N–H and O–H groups in total. The number of hydrogen-bond acceptors (Lipinski definition) is 5. The third kappa shape index (κ3) is 3.44. The summed E-state index contributed by atoms with van der Waals surface area (Å²) in [6.45, 7) is 3.91. The second kappa shape index (κ2) is 7.03. The van der Waals surface area contributed by atoms with Crippen LogP contribution in [0.5, 0.6) is 5.75 Å². The highest BCUT2D eigenvalue weighted by molar-refractivity contribution is 5.86. The molecule has 4 rings (SSSR count). The average Bonchev–Trinajstić information content (AvgIpc) is 2.69. The van der Waals surface area contributed by atoms with Crippen LogP contribution in [-0.4, -0.2) is 20.1 Å². The summed E-state index contributed by atoms with van der Waals surface area (Å²) in [5, 5.41) is 15.3. The zero-order chi connectivity index (χ0) is 18.8. The molecule has 0 bridgehead atoms. The lowest BCUT2D eigenvalue weighted by Crippen LogP contribution is -2.14. The molecule has 0 fully saturated rings. The second-order valence-corrected chi connectivity index (χ2v) is 6.61. The SMILES string of the molecule is Cc1ccc(N[C@H](c2cccnc2)c2ccc3ccc(C)nc3c2O)nc1. The van der Waals surface area contributed by atoms with Crippen LogP contribution in [0.15, 0.2) is 67.1 Å². The Bertz CT molecular complexity index is 1080. The van der Waals surface area contributed by atoms with E-state index in [1.54, 1.807) is 12.4 Å². The number of rotatable bonds is 4. The molecule has 1 aromatic carbocycles. The van der Waals surface area contributed by atoms with Crippen molar-refractivity contribution in [2.24, 2.45) is 0 Å². The molecule has 5 heteroatoms. The lowest BCUT2D eigenvalue weighted by atomic mass is 9.97. The van der Waals surface area contributed by atoms with Crippen LogP contribution in [-0.2, 0) is 0 Å². The number of aromatic hydroxyl groups is 1. The quantitative estimate of drug-likeness (QED) is 0.561. The number of aromatic nitrogens is 3. The number of aryl methyl sites for hydroxylation is 2. The second-order valence-electron chi connectivity index (χ2n) is 6.61. The smallest absolute Gasteiger partial charge is 0.147 e. The summed E-state index contributed by atoms with van der Waals surface area (Å²) in [5.41, 5.74) is 4.21. The molecule has 3 aromatic heterocycles. The number of anilines is 1. The number of phenols is 1. The van der Waals surface area contributed by atoms with Crippen molar-refractivity contribution in [3.8, 4) is 5.75 Å². The van der Waals surface area contributed by atoms with Crippen molar-refractivity contribution in [2.45, 2.75) is 19.9 Å². The fourth-order valence-corrected chi connectivity index (χ4v) is 3.11. The third-order valence-electron chi connectivity index (χ3n) is 4.54. The lowest BCUT2D eigenvalue weighted by molar-refractivity contribution is 0.471. The number of nitrogens with zero attached hydrogens (tertiary/aromatic N) is 3. The molecular formula is C22H20N4O. The molecule has 0 spiro atoms. The molecule has 27 heavy (non-hydrogen) atoms. The van der Waals surface area contributed by atoms with Gasteiger partial charge in [0.25, 0.3) is 0 Å². The molecule has 0 unspecified atom stereocenters. The van der Waals surface area contributed by atoms with Gasteiger partial charge in [-0.3, -0.25) is 4.98 Å². The summed E-state index contributed by atoms with van der Waals surface area (Å²) < 4.78 is 0. The highest BCUT2D eigenvalue weighted by Gasteiger charge is 2.20. The molecular weight excluding hydrogens is 336 g/mol. The van der Waals surface area contributed by atoms with Crippen LogP contribution in [0.2, 0.25) is 0 Å². The summed E-state index contributed by atoms with van der Waals surface area (Å²) in [6, 6.07) is 15.3. The summed E-state index contributed by atoms with van der Waals surface area (Å²) in [4.78, 5) is 13.2. The van der Waals surface area contributed by atoms with Crippen molar-refractivity contribution < 1.29 is 5.11 Å². The first-order chi connectivity index (χ1) is 13.1. The van der Waals surface area contributed by atoms with Gasteiger partial charge >= 0.3 is 0 Å². The fraction of sp³-hybridized carbons (Fsp3) is 0.136. The Hall–Kier alpha value is -3.47. The zero-order valence-electron chi connectivity index (χ0n) is 15.2. The minimum atomic E-state index is -0.305. The molecule has 1 atom stereocenters. The van der Waals surface area contributed by atoms with Crippen LogP contribution in [0.3, 0.4) is 0 Å². The van der Waals surface area contributed by atoms with Gasteiger partial charge in [-0.1, -0.05) is 30.3 Å². The van der Waals surface area contributed by atoms with Crippen LogP contribution in [0.4, 0.5) is 5.82 Å². The molecule has 0 aliphatic heterocycles. The normalized spacial score (nSPS) is 12.1. The van der Waals surface area contributed by atoms with Gasteiger partial charge < -0.3 is 10.4 Å². The highest BCUT2D eigenvalue weighted by atomic mass is 16.3. The van der Waals surface area contributed by atoms with Gasteiger partial charge in [0.1, 0.15) is 17.1 Å². The maximum atomic E-state index is 11.0. The minimum Gasteiger partial charge on any atom is -0.505 e. The first-order valence-electron chi connectivity index (χ1n) is 8.80. The van der Waals surface area contributed by atoms with Gasteiger partial charge in [0, 0.05) is 35.2 Å². The first kappa shape index (κ1) is 17.0. The van der Waals surface area contributed by atoms with Gasteiger partial charge in [0.15, 0.2) is 0 Å². The summed E-state index contributed by atoms with van der Waals surface area (Å²) in [7, 11) is 0. The first-order valence-corrected chi connectivity index (χ1v) is 8.80. The maximum Gasteiger partial charge on any atom is 0.147 e. The molecule has 0 radical (unpaired) electrons. The van der Waals surface area contributed by atoms with Crippen LogP contribution < -0.4 is 5.32 Å². The van der Waals surface area contributed by atoms with Gasteiger partial charge in [-0.25, -0.2) is 9.97 Å². The number of pyridine rings is 3. The minimum absolute atomic E-state index is 0.171. The molecule has 0 aliphatic carbocycles. The third-order valence-corrected chi connectivity index (χ3v) is 4.54. The van der Waals surface area contributed by atoms with Crippen molar-refractivity contribution >= 4 is 16.7 Å². The molecule has 5 nitrogen and oxygen atoms in total. The standard InChI is InChI=1S/C22H20N4O/c1-14-5-10-19(24-12-14)26-20(17-4-3-11-23-13-17)18-9-8-16-7-6-15(2)25-21(16)22(18)27/h3-13,20,27H,1-2H3,(H,24,26)/t20-/m1/s1. The van der Waals surface area contributed by atoms with E-state index in [-0.39, 0.29) is 11.8 Å². The predicted octanol–water partition coefficient (Wildman–Crippen LogP) is 4.55. The Morgan fingerprint density at radius 2 is 1.81 bits per heavy atom. The van der Waals surface area contributed by atoms with Crippen LogP contribution in [0.25, 0.3) is 10.9 Å². The topological polar surface area (TPSA) is 70.9 Å². The number of nitrogens with one attached hydrogen (secondary N) is 1. The monoisotopic (exact) mass is 356 g/mol. The van der Waals surface area contributed by atoms with Gasteiger partial charge in [-0.15, -0.1) is 0 Å². The largest absolute Gasteiger partial charge is 0.505 e. The summed E-state index contributed by atoms with van der Waals surface area (Å²) in [6.07, 6.45) is 5.34. The van der Waals surface area contributed by atoms with E-state index in [1.807, 2.05) is 68.6 Å². The van der Waals surface area contributed by atoms with Crippen LogP contribution in [0, 0.1) is 13.8 Å². The Morgan fingerprint density at radius 3 is 2.56 bits per heavy atom. The molecule has 0 saturated carbocycles. The van der Waals surface area contributed by atoms with Crippen LogP contribution in [0.1, 0.15) is 28.4 Å². The molecule has 3 heterocycles. The van der Waals surface area contributed by atoms with Gasteiger partial charge in [-0.2, -0.15) is 0 Å². The Morgan fingerprint density at radius 1 is 0.963 bits per heavy atom. The van der Waals surface area contributed by atoms with Crippen molar-refractivity contribution in [3.05, 3.63) is 89.5 Å². The fourth-order valence-electron chi connectivity index (χ4n) is 3.11. The van der Waals surface area contributed by atoms with Gasteiger partial charge in [0.2, 0.25) is 0 Å². The van der Waals surface area contributed by atoms with Gasteiger partial charge in [0.05, 0.1) is 6.04 Å². The number of fused-ring (bicyclic) bond motifs is 1. The molecule has 0 amide bonds. The molecule has 0 aliphatic rings. The molecule has 134 valence electrons. The predicted molar refractivity (Wildman–Crippen MR) is 107 cm³/mol. The summed E-state index contributed by atoms with van der Waals surface area (Å²) in [5.74, 6) is 0.899. The van der Waals surface area contributed by atoms with Crippen molar-refractivity contribution in [1.82, 2.24) is 15.0 Å². The Balaban J connectivity index is 1.84. The van der Waals surface area contributed by atoms with E-state index in [0.29, 0.717) is 5.52 Å². The summed E-state index contributed by atoms with van der Waals surface area (Å²) >= 11 is 0. The number of benzene rings is 1. The van der Waals surface area contributed by atoms with Crippen molar-refractivity contribution in [3.63, 3.8) is 0 Å². The number of phenolic OH excluding ortho intramolecular Hbond substituents is 1. The number of hydrogen-bond donors (Lipinski definition) is 2. The van der Waals surface area contributed by atoms with E-state index in [9.17, 15) is 5.11 Å². The van der Waals surface area contributed by atoms with Gasteiger partial charge in [-0.05, 0) is 43.2 Å². The van der Waals surface area contributed by atoms with E-state index < -0.39 is 0 Å². The maximum absolute atomic E-state index is 11.0. The van der Waals surface area contributed by atoms with E-state index in [1.165, 1.54) is 0 Å². The zero-order valence-corrected chi connectivity index (χ0v) is 15.2. The van der Waals surface area contributed by atoms with E-state index in [2.05, 4.69) is 20.3 Å². The lowest BCUT2D eigenvalue weighted by Gasteiger charge is -2.21. The average molecular weight is 356 g/mol. The highest BCUT2D eigenvalue weighted by Crippen LogP contribution is 2.36. The van der Waals surface area contributed by atoms with Crippen molar-refractivity contribution in [1.29, 1.82) is 0 Å². The van der Waals surface area contributed by atoms with Crippen molar-refractivity contribution in [2.75, 3.05) is 5.32 Å².